The summed E-state index contributed by atoms with van der Waals surface area (Å²) in [6.07, 6.45) is 0.464. The van der Waals surface area contributed by atoms with Crippen molar-refractivity contribution in [3.05, 3.63) is 12.7 Å². The first-order chi connectivity index (χ1) is 8.99. The van der Waals surface area contributed by atoms with E-state index in [4.69, 9.17) is 9.47 Å². The van der Waals surface area contributed by atoms with Crippen LogP contribution in [0.4, 0.5) is 4.79 Å². The minimum Gasteiger partial charge on any atom is -0.444 e. The van der Waals surface area contributed by atoms with Crippen LogP contribution in [0.1, 0.15) is 41.5 Å². The summed E-state index contributed by atoms with van der Waals surface area (Å²) in [5, 5.41) is 10.4. The Balaban J connectivity index is 2.96. The topological polar surface area (TPSA) is 59.0 Å². The van der Waals surface area contributed by atoms with E-state index in [-0.39, 0.29) is 12.5 Å². The Morgan fingerprint density at radius 1 is 1.55 bits per heavy atom. The zero-order valence-corrected chi connectivity index (χ0v) is 13.3. The van der Waals surface area contributed by atoms with E-state index in [1.54, 1.807) is 19.9 Å². The fourth-order valence-corrected chi connectivity index (χ4v) is 2.24. The predicted molar refractivity (Wildman–Crippen MR) is 77.3 cm³/mol. The molecule has 3 atom stereocenters. The van der Waals surface area contributed by atoms with Gasteiger partial charge in [-0.1, -0.05) is 13.0 Å². The molecule has 116 valence electrons. The highest BCUT2D eigenvalue weighted by molar-refractivity contribution is 5.70. The van der Waals surface area contributed by atoms with Gasteiger partial charge >= 0.3 is 6.09 Å². The summed E-state index contributed by atoms with van der Waals surface area (Å²) in [4.78, 5) is 13.9. The number of aliphatic hydroxyl groups excluding tert-OH is 1. The van der Waals surface area contributed by atoms with Gasteiger partial charge in [-0.3, -0.25) is 4.90 Å². The van der Waals surface area contributed by atoms with Crippen LogP contribution in [-0.2, 0) is 9.47 Å². The van der Waals surface area contributed by atoms with Gasteiger partial charge in [-0.15, -0.1) is 6.58 Å². The molecule has 0 radical (unpaired) electrons. The lowest BCUT2D eigenvalue weighted by Crippen LogP contribution is -2.54. The van der Waals surface area contributed by atoms with Gasteiger partial charge in [0, 0.05) is 5.92 Å². The molecule has 1 aliphatic rings. The van der Waals surface area contributed by atoms with Crippen molar-refractivity contribution in [3.8, 4) is 0 Å². The third kappa shape index (κ3) is 3.73. The molecule has 5 heteroatoms. The second kappa shape index (κ2) is 5.74. The summed E-state index contributed by atoms with van der Waals surface area (Å²) in [7, 11) is 0. The average Bonchev–Trinajstić information content (AvgIpc) is 2.60. The van der Waals surface area contributed by atoms with Crippen LogP contribution in [0.3, 0.4) is 0 Å². The quantitative estimate of drug-likeness (QED) is 0.810. The molecule has 1 saturated heterocycles. The lowest BCUT2D eigenvalue weighted by molar-refractivity contribution is -0.0692. The van der Waals surface area contributed by atoms with Gasteiger partial charge < -0.3 is 14.6 Å². The summed E-state index contributed by atoms with van der Waals surface area (Å²) < 4.78 is 11.1. The van der Waals surface area contributed by atoms with Crippen LogP contribution in [0, 0.1) is 5.92 Å². The van der Waals surface area contributed by atoms with Crippen molar-refractivity contribution in [1.29, 1.82) is 0 Å². The number of aliphatic hydroxyl groups is 1. The lowest BCUT2D eigenvalue weighted by Gasteiger charge is -2.37. The maximum atomic E-state index is 12.4. The SMILES string of the molecule is C=C[C@H](C)[C@H](O)[C@@H]1COC(C)(C)N1C(=O)OC(C)(C)C. The lowest BCUT2D eigenvalue weighted by atomic mass is 9.97. The van der Waals surface area contributed by atoms with Gasteiger partial charge in [0.2, 0.25) is 0 Å². The van der Waals surface area contributed by atoms with Crippen LogP contribution in [0.5, 0.6) is 0 Å². The molecule has 1 rings (SSSR count). The Labute approximate surface area is 121 Å². The molecule has 1 aliphatic heterocycles. The summed E-state index contributed by atoms with van der Waals surface area (Å²) in [6.45, 7) is 14.8. The molecule has 0 aromatic rings. The normalized spacial score (nSPS) is 25.1. The van der Waals surface area contributed by atoms with Gasteiger partial charge in [0.15, 0.2) is 0 Å². The number of carbonyl (C=O) groups excluding carboxylic acids is 1. The average molecular weight is 285 g/mol. The molecule has 0 saturated carbocycles. The molecule has 20 heavy (non-hydrogen) atoms. The van der Waals surface area contributed by atoms with E-state index in [0.29, 0.717) is 0 Å². The number of nitrogens with zero attached hydrogens (tertiary/aromatic N) is 1. The summed E-state index contributed by atoms with van der Waals surface area (Å²) in [5.74, 6) is -0.137. The fourth-order valence-electron chi connectivity index (χ4n) is 2.24. The summed E-state index contributed by atoms with van der Waals surface area (Å²) >= 11 is 0. The number of hydrogen-bond acceptors (Lipinski definition) is 4. The van der Waals surface area contributed by atoms with Crippen LogP contribution in [-0.4, -0.2) is 46.2 Å². The first-order valence-electron chi connectivity index (χ1n) is 6.96. The number of rotatable bonds is 3. The molecule has 0 spiro atoms. The third-order valence-electron chi connectivity index (χ3n) is 3.41. The van der Waals surface area contributed by atoms with E-state index in [1.165, 1.54) is 4.90 Å². The Bertz CT molecular complexity index is 373. The van der Waals surface area contributed by atoms with E-state index in [2.05, 4.69) is 6.58 Å². The van der Waals surface area contributed by atoms with Crippen molar-refractivity contribution in [1.82, 2.24) is 4.90 Å². The first kappa shape index (κ1) is 17.0. The highest BCUT2D eigenvalue weighted by atomic mass is 16.6. The van der Waals surface area contributed by atoms with Gasteiger partial charge in [-0.25, -0.2) is 4.79 Å². The van der Waals surface area contributed by atoms with Gasteiger partial charge in [0.05, 0.1) is 18.8 Å². The second-order valence-corrected chi connectivity index (χ2v) is 6.76. The van der Waals surface area contributed by atoms with Crippen LogP contribution < -0.4 is 0 Å². The molecular weight excluding hydrogens is 258 g/mol. The Kier molecular flexibility index (Phi) is 4.87. The number of ether oxygens (including phenoxy) is 2. The standard InChI is InChI=1S/C15H27NO4/c1-8-10(2)12(17)11-9-19-15(6,7)16(11)13(18)20-14(3,4)5/h8,10-12,17H,1,9H2,2-7H3/t10-,11-,12-/m0/s1. The molecule has 0 bridgehead atoms. The van der Waals surface area contributed by atoms with Crippen LogP contribution in [0.15, 0.2) is 12.7 Å². The van der Waals surface area contributed by atoms with Gasteiger partial charge in [-0.05, 0) is 34.6 Å². The van der Waals surface area contributed by atoms with Crippen molar-refractivity contribution in [2.75, 3.05) is 6.61 Å². The summed E-state index contributed by atoms with van der Waals surface area (Å²) in [6, 6.07) is -0.437. The highest BCUT2D eigenvalue weighted by Crippen LogP contribution is 2.32. The number of hydrogen-bond donors (Lipinski definition) is 1. The van der Waals surface area contributed by atoms with E-state index in [9.17, 15) is 9.90 Å². The smallest absolute Gasteiger partial charge is 0.412 e. The van der Waals surface area contributed by atoms with Gasteiger partial charge in [0.1, 0.15) is 11.3 Å². The van der Waals surface area contributed by atoms with Gasteiger partial charge in [0.25, 0.3) is 0 Å². The van der Waals surface area contributed by atoms with Crippen molar-refractivity contribution in [2.45, 2.75) is 65.0 Å². The van der Waals surface area contributed by atoms with Crippen LogP contribution in [0.2, 0.25) is 0 Å². The first-order valence-corrected chi connectivity index (χ1v) is 6.96. The number of carbonyl (C=O) groups is 1. The monoisotopic (exact) mass is 285 g/mol. The molecular formula is C15H27NO4. The van der Waals surface area contributed by atoms with Crippen LogP contribution >= 0.6 is 0 Å². The zero-order valence-electron chi connectivity index (χ0n) is 13.3. The second-order valence-electron chi connectivity index (χ2n) is 6.76. The highest BCUT2D eigenvalue weighted by Gasteiger charge is 2.48. The minimum atomic E-state index is -0.797. The number of amides is 1. The maximum Gasteiger partial charge on any atom is 0.412 e. The Morgan fingerprint density at radius 3 is 2.55 bits per heavy atom. The minimum absolute atomic E-state index is 0.137. The molecule has 5 nitrogen and oxygen atoms in total. The molecule has 0 unspecified atom stereocenters. The Hall–Kier alpha value is -1.07. The summed E-state index contributed by atoms with van der Waals surface area (Å²) in [5.41, 5.74) is -1.38. The molecule has 1 fully saturated rings. The fraction of sp³-hybridized carbons (Fsp3) is 0.800. The van der Waals surface area contributed by atoms with E-state index >= 15 is 0 Å². The van der Waals surface area contributed by atoms with Crippen molar-refractivity contribution >= 4 is 6.09 Å². The molecule has 1 N–H and O–H groups in total. The third-order valence-corrected chi connectivity index (χ3v) is 3.41. The molecule has 1 amide bonds. The molecule has 1 heterocycles. The van der Waals surface area contributed by atoms with Gasteiger partial charge in [-0.2, -0.15) is 0 Å². The maximum absolute atomic E-state index is 12.4. The van der Waals surface area contributed by atoms with E-state index in [1.807, 2.05) is 27.7 Å². The zero-order chi connectivity index (χ0) is 15.7. The van der Waals surface area contributed by atoms with Crippen molar-refractivity contribution in [2.24, 2.45) is 5.92 Å². The van der Waals surface area contributed by atoms with Crippen molar-refractivity contribution < 1.29 is 19.4 Å². The van der Waals surface area contributed by atoms with Crippen molar-refractivity contribution in [3.63, 3.8) is 0 Å². The van der Waals surface area contributed by atoms with Crippen LogP contribution in [0.25, 0.3) is 0 Å². The molecule has 0 aromatic heterocycles. The Morgan fingerprint density at radius 2 is 2.10 bits per heavy atom. The molecule has 0 aromatic carbocycles. The predicted octanol–water partition coefficient (Wildman–Crippen LogP) is 2.54. The van der Waals surface area contributed by atoms with E-state index < -0.39 is 29.6 Å². The largest absolute Gasteiger partial charge is 0.444 e. The molecule has 0 aliphatic carbocycles. The van der Waals surface area contributed by atoms with E-state index in [0.717, 1.165) is 0 Å².